The Bertz CT molecular complexity index is 1600. The number of nitrogens with zero attached hydrogens (tertiary/aromatic N) is 3. The van der Waals surface area contributed by atoms with Crippen molar-refractivity contribution in [2.45, 2.75) is 26.8 Å². The first-order valence-corrected chi connectivity index (χ1v) is 14.0. The number of benzene rings is 2. The van der Waals surface area contributed by atoms with Crippen LogP contribution >= 0.6 is 56.5 Å². The molecule has 0 amide bonds. The predicted molar refractivity (Wildman–Crippen MR) is 155 cm³/mol. The van der Waals surface area contributed by atoms with Crippen LogP contribution in [0, 0.1) is 25.4 Å². The largest absolute Gasteiger partial charge is 0.477 e. The van der Waals surface area contributed by atoms with Gasteiger partial charge in [0.05, 0.1) is 32.0 Å². The molecule has 0 saturated heterocycles. The summed E-state index contributed by atoms with van der Waals surface area (Å²) in [5, 5.41) is 9.00. The van der Waals surface area contributed by atoms with E-state index in [4.69, 9.17) is 14.7 Å². The summed E-state index contributed by atoms with van der Waals surface area (Å²) in [5.74, 6) is 0.0554. The van der Waals surface area contributed by atoms with Gasteiger partial charge in [0.25, 0.3) is 5.56 Å². The minimum atomic E-state index is -0.659. The summed E-state index contributed by atoms with van der Waals surface area (Å²) in [4.78, 5) is 31.9. The second kappa shape index (κ2) is 11.3. The molecule has 4 rings (SSSR count). The summed E-state index contributed by atoms with van der Waals surface area (Å²) in [6.45, 7) is 5.61. The molecule has 1 aliphatic rings. The van der Waals surface area contributed by atoms with Crippen LogP contribution in [-0.4, -0.2) is 23.8 Å². The molecule has 2 heterocycles. The smallest absolute Gasteiger partial charge is 0.338 e. The van der Waals surface area contributed by atoms with Crippen molar-refractivity contribution in [1.82, 2.24) is 4.57 Å². The standard InChI is InChI=1S/C26H21I2N3O4S/c1-4-34-25(33)21-15(3)30-26-31(22(21)16-7-5-14(2)6-8-16)24(32)20(36-26)12-17-11-18(27)13-19(28)23(17)35-10-9-29/h5-8,11-13,22H,4,10H2,1-3H3/b20-12-/t22-/m0/s1. The molecular formula is C26H21I2N3O4S. The van der Waals surface area contributed by atoms with Crippen molar-refractivity contribution in [3.8, 4) is 11.8 Å². The Balaban J connectivity index is 1.96. The average Bonchev–Trinajstić information content (AvgIpc) is 3.12. The molecule has 0 aliphatic carbocycles. The summed E-state index contributed by atoms with van der Waals surface area (Å²) in [5.41, 5.74) is 3.17. The van der Waals surface area contributed by atoms with Crippen LogP contribution < -0.4 is 19.6 Å². The highest BCUT2D eigenvalue weighted by molar-refractivity contribution is 14.1. The van der Waals surface area contributed by atoms with Crippen molar-refractivity contribution in [2.75, 3.05) is 13.2 Å². The second-order valence-electron chi connectivity index (χ2n) is 7.97. The van der Waals surface area contributed by atoms with Crippen LogP contribution in [0.25, 0.3) is 6.08 Å². The average molecular weight is 725 g/mol. The number of carbonyl (C=O) groups is 1. The van der Waals surface area contributed by atoms with Crippen LogP contribution in [0.3, 0.4) is 0 Å². The SMILES string of the molecule is CCOC(=O)C1=C(C)N=c2s/c(=C\c3cc(I)cc(I)c3OCC#N)c(=O)n2[C@H]1c1ccc(C)cc1. The second-order valence-corrected chi connectivity index (χ2v) is 11.4. The lowest BCUT2D eigenvalue weighted by Crippen LogP contribution is -2.39. The third kappa shape index (κ3) is 5.28. The zero-order valence-electron chi connectivity index (χ0n) is 19.7. The maximum atomic E-state index is 13.8. The zero-order chi connectivity index (χ0) is 26.0. The van der Waals surface area contributed by atoms with Crippen LogP contribution in [0.1, 0.15) is 36.6 Å². The fourth-order valence-corrected chi connectivity index (χ4v) is 7.02. The van der Waals surface area contributed by atoms with Gasteiger partial charge in [0.15, 0.2) is 11.4 Å². The molecular weight excluding hydrogens is 704 g/mol. The monoisotopic (exact) mass is 725 g/mol. The first-order chi connectivity index (χ1) is 17.2. The molecule has 0 saturated carbocycles. The van der Waals surface area contributed by atoms with Crippen LogP contribution in [0.4, 0.5) is 0 Å². The van der Waals surface area contributed by atoms with Gasteiger partial charge < -0.3 is 9.47 Å². The minimum Gasteiger partial charge on any atom is -0.477 e. The minimum absolute atomic E-state index is 0.103. The lowest BCUT2D eigenvalue weighted by atomic mass is 9.95. The van der Waals surface area contributed by atoms with E-state index in [9.17, 15) is 9.59 Å². The Kier molecular flexibility index (Phi) is 8.31. The van der Waals surface area contributed by atoms with Gasteiger partial charge in [-0.3, -0.25) is 9.36 Å². The Hall–Kier alpha value is -2.50. The lowest BCUT2D eigenvalue weighted by Gasteiger charge is -2.24. The van der Waals surface area contributed by atoms with Crippen molar-refractivity contribution in [3.05, 3.63) is 91.2 Å². The number of halogens is 2. The van der Waals surface area contributed by atoms with E-state index in [0.717, 1.165) is 18.3 Å². The van der Waals surface area contributed by atoms with Gasteiger partial charge in [-0.25, -0.2) is 9.79 Å². The molecule has 0 radical (unpaired) electrons. The fraction of sp³-hybridized carbons (Fsp3) is 0.231. The quantitative estimate of drug-likeness (QED) is 0.281. The third-order valence-electron chi connectivity index (χ3n) is 5.51. The maximum absolute atomic E-state index is 13.8. The van der Waals surface area contributed by atoms with Crippen molar-refractivity contribution in [3.63, 3.8) is 0 Å². The summed E-state index contributed by atoms with van der Waals surface area (Å²) < 4.78 is 14.8. The molecule has 1 aliphatic heterocycles. The van der Waals surface area contributed by atoms with Gasteiger partial charge in [-0.15, -0.1) is 0 Å². The molecule has 0 N–H and O–H groups in total. The number of rotatable bonds is 6. The number of nitriles is 1. The normalized spacial score (nSPS) is 15.2. The van der Waals surface area contributed by atoms with E-state index in [-0.39, 0.29) is 18.8 Å². The van der Waals surface area contributed by atoms with Crippen molar-refractivity contribution in [1.29, 1.82) is 5.26 Å². The Morgan fingerprint density at radius 3 is 2.64 bits per heavy atom. The highest BCUT2D eigenvalue weighted by Gasteiger charge is 2.33. The summed E-state index contributed by atoms with van der Waals surface area (Å²) in [6, 6.07) is 12.9. The topological polar surface area (TPSA) is 93.7 Å². The van der Waals surface area contributed by atoms with E-state index in [1.807, 2.05) is 49.4 Å². The molecule has 0 fully saturated rings. The number of allylic oxidation sites excluding steroid dienone is 1. The van der Waals surface area contributed by atoms with Gasteiger partial charge in [-0.05, 0) is 89.7 Å². The van der Waals surface area contributed by atoms with Crippen LogP contribution in [0.15, 0.2) is 57.5 Å². The third-order valence-corrected chi connectivity index (χ3v) is 7.92. The van der Waals surface area contributed by atoms with Gasteiger partial charge in [-0.2, -0.15) is 5.26 Å². The molecule has 36 heavy (non-hydrogen) atoms. The zero-order valence-corrected chi connectivity index (χ0v) is 24.8. The predicted octanol–water partition coefficient (Wildman–Crippen LogP) is 4.22. The molecule has 1 atom stereocenters. The number of hydrogen-bond acceptors (Lipinski definition) is 7. The Morgan fingerprint density at radius 1 is 1.25 bits per heavy atom. The molecule has 0 unspecified atom stereocenters. The molecule has 7 nitrogen and oxygen atoms in total. The maximum Gasteiger partial charge on any atom is 0.338 e. The van der Waals surface area contributed by atoms with E-state index in [1.54, 1.807) is 24.5 Å². The number of hydrogen-bond donors (Lipinski definition) is 0. The number of esters is 1. The highest BCUT2D eigenvalue weighted by Crippen LogP contribution is 2.31. The lowest BCUT2D eigenvalue weighted by molar-refractivity contribution is -0.139. The van der Waals surface area contributed by atoms with E-state index < -0.39 is 12.0 Å². The summed E-state index contributed by atoms with van der Waals surface area (Å²) in [6.07, 6.45) is 1.76. The number of aromatic nitrogens is 1. The molecule has 2 aromatic carbocycles. The fourth-order valence-electron chi connectivity index (χ4n) is 3.94. The van der Waals surface area contributed by atoms with E-state index in [1.165, 1.54) is 11.3 Å². The molecule has 0 spiro atoms. The van der Waals surface area contributed by atoms with Gasteiger partial charge in [-0.1, -0.05) is 41.2 Å². The van der Waals surface area contributed by atoms with Gasteiger partial charge in [0.1, 0.15) is 11.8 Å². The van der Waals surface area contributed by atoms with Gasteiger partial charge in [0, 0.05) is 9.13 Å². The first-order valence-electron chi connectivity index (χ1n) is 11.0. The number of ether oxygens (including phenoxy) is 2. The number of carbonyl (C=O) groups excluding carboxylic acids is 1. The van der Waals surface area contributed by atoms with E-state index >= 15 is 0 Å². The number of thiazole rings is 1. The van der Waals surface area contributed by atoms with Crippen molar-refractivity contribution < 1.29 is 14.3 Å². The first kappa shape index (κ1) is 26.6. The van der Waals surface area contributed by atoms with Crippen molar-refractivity contribution in [2.24, 2.45) is 4.99 Å². The molecule has 3 aromatic rings. The molecule has 10 heteroatoms. The highest BCUT2D eigenvalue weighted by atomic mass is 127. The Labute approximate surface area is 239 Å². The Morgan fingerprint density at radius 2 is 1.97 bits per heavy atom. The van der Waals surface area contributed by atoms with Crippen LogP contribution in [0.5, 0.6) is 5.75 Å². The van der Waals surface area contributed by atoms with Gasteiger partial charge >= 0.3 is 5.97 Å². The van der Waals surface area contributed by atoms with Crippen LogP contribution in [-0.2, 0) is 9.53 Å². The van der Waals surface area contributed by atoms with E-state index in [0.29, 0.717) is 31.9 Å². The van der Waals surface area contributed by atoms with Crippen molar-refractivity contribution >= 4 is 68.6 Å². The van der Waals surface area contributed by atoms with Gasteiger partial charge in [0.2, 0.25) is 0 Å². The molecule has 1 aromatic heterocycles. The number of aryl methyl sites for hydroxylation is 1. The number of fused-ring (bicyclic) bond motifs is 1. The summed E-state index contributed by atoms with van der Waals surface area (Å²) in [7, 11) is 0. The summed E-state index contributed by atoms with van der Waals surface area (Å²) >= 11 is 5.61. The molecule has 184 valence electrons. The molecule has 0 bridgehead atoms. The van der Waals surface area contributed by atoms with Crippen LogP contribution in [0.2, 0.25) is 0 Å². The van der Waals surface area contributed by atoms with E-state index in [2.05, 4.69) is 50.2 Å².